The second-order valence-corrected chi connectivity index (χ2v) is 5.54. The standard InChI is InChI=1S/C14H13BrClNO/c1-9-4-5-17-13(6-9)14(18)7-10-2-3-11(15)8-12(10)16/h2-6,8,14,18H,7H2,1H3. The van der Waals surface area contributed by atoms with Crippen LogP contribution < -0.4 is 0 Å². The van der Waals surface area contributed by atoms with Crippen LogP contribution in [0, 0.1) is 6.92 Å². The Balaban J connectivity index is 2.18. The lowest BCUT2D eigenvalue weighted by atomic mass is 10.0. The highest BCUT2D eigenvalue weighted by atomic mass is 79.9. The monoisotopic (exact) mass is 325 g/mol. The second-order valence-electron chi connectivity index (χ2n) is 4.21. The summed E-state index contributed by atoms with van der Waals surface area (Å²) < 4.78 is 0.930. The lowest BCUT2D eigenvalue weighted by molar-refractivity contribution is 0.173. The number of aliphatic hydroxyl groups is 1. The van der Waals surface area contributed by atoms with Gasteiger partial charge in [-0.15, -0.1) is 0 Å². The van der Waals surface area contributed by atoms with Gasteiger partial charge in [0.25, 0.3) is 0 Å². The van der Waals surface area contributed by atoms with E-state index in [1.807, 2.05) is 37.3 Å². The van der Waals surface area contributed by atoms with Gasteiger partial charge in [-0.05, 0) is 42.3 Å². The minimum absolute atomic E-state index is 0.461. The van der Waals surface area contributed by atoms with Crippen LogP contribution >= 0.6 is 27.5 Å². The van der Waals surface area contributed by atoms with Crippen LogP contribution in [0.3, 0.4) is 0 Å². The van der Waals surface area contributed by atoms with E-state index in [1.54, 1.807) is 6.20 Å². The molecule has 2 rings (SSSR count). The van der Waals surface area contributed by atoms with E-state index in [2.05, 4.69) is 20.9 Å². The third kappa shape index (κ3) is 3.31. The smallest absolute Gasteiger partial charge is 0.100 e. The summed E-state index contributed by atoms with van der Waals surface area (Å²) in [5.74, 6) is 0. The van der Waals surface area contributed by atoms with E-state index in [-0.39, 0.29) is 0 Å². The molecule has 0 aliphatic rings. The van der Waals surface area contributed by atoms with Crippen molar-refractivity contribution < 1.29 is 5.11 Å². The molecule has 0 aliphatic carbocycles. The first-order valence-corrected chi connectivity index (χ1v) is 6.78. The number of hydrogen-bond acceptors (Lipinski definition) is 2. The molecule has 1 N–H and O–H groups in total. The first-order valence-electron chi connectivity index (χ1n) is 5.61. The summed E-state index contributed by atoms with van der Waals surface area (Å²) >= 11 is 9.49. The van der Waals surface area contributed by atoms with Gasteiger partial charge in [-0.1, -0.05) is 33.6 Å². The molecule has 1 aromatic heterocycles. The Morgan fingerprint density at radius 3 is 2.78 bits per heavy atom. The summed E-state index contributed by atoms with van der Waals surface area (Å²) in [5.41, 5.74) is 2.67. The molecule has 1 aromatic carbocycles. The molecule has 0 saturated heterocycles. The topological polar surface area (TPSA) is 33.1 Å². The zero-order valence-electron chi connectivity index (χ0n) is 9.90. The molecule has 1 heterocycles. The maximum absolute atomic E-state index is 10.2. The number of halogens is 2. The van der Waals surface area contributed by atoms with Gasteiger partial charge in [0.1, 0.15) is 6.10 Å². The van der Waals surface area contributed by atoms with Crippen molar-refractivity contribution in [1.82, 2.24) is 4.98 Å². The molecule has 1 unspecified atom stereocenters. The molecule has 0 spiro atoms. The van der Waals surface area contributed by atoms with Gasteiger partial charge >= 0.3 is 0 Å². The molecule has 2 aromatic rings. The number of pyridine rings is 1. The first kappa shape index (κ1) is 13.5. The highest BCUT2D eigenvalue weighted by molar-refractivity contribution is 9.10. The van der Waals surface area contributed by atoms with E-state index >= 15 is 0 Å². The summed E-state index contributed by atoms with van der Waals surface area (Å²) in [6.45, 7) is 1.98. The van der Waals surface area contributed by atoms with E-state index < -0.39 is 6.10 Å². The fourth-order valence-electron chi connectivity index (χ4n) is 1.74. The number of benzene rings is 1. The molecule has 18 heavy (non-hydrogen) atoms. The molecule has 0 amide bonds. The zero-order chi connectivity index (χ0) is 13.1. The van der Waals surface area contributed by atoms with Gasteiger partial charge in [-0.25, -0.2) is 0 Å². The van der Waals surface area contributed by atoms with Crippen LogP contribution in [-0.4, -0.2) is 10.1 Å². The second kappa shape index (κ2) is 5.83. The molecule has 2 nitrogen and oxygen atoms in total. The number of aryl methyl sites for hydroxylation is 1. The average Bonchev–Trinajstić information content (AvgIpc) is 2.32. The Morgan fingerprint density at radius 1 is 1.33 bits per heavy atom. The van der Waals surface area contributed by atoms with Gasteiger partial charge in [0.05, 0.1) is 5.69 Å². The van der Waals surface area contributed by atoms with E-state index in [9.17, 15) is 5.11 Å². The van der Waals surface area contributed by atoms with E-state index in [4.69, 9.17) is 11.6 Å². The number of hydrogen-bond donors (Lipinski definition) is 1. The van der Waals surface area contributed by atoms with Gasteiger partial charge in [-0.3, -0.25) is 4.98 Å². The summed E-state index contributed by atoms with van der Waals surface area (Å²) in [7, 11) is 0. The predicted molar refractivity (Wildman–Crippen MR) is 76.8 cm³/mol. The molecular weight excluding hydrogens is 314 g/mol. The Morgan fingerprint density at radius 2 is 2.11 bits per heavy atom. The molecular formula is C14H13BrClNO. The highest BCUT2D eigenvalue weighted by Crippen LogP contribution is 2.25. The maximum Gasteiger partial charge on any atom is 0.100 e. The minimum Gasteiger partial charge on any atom is -0.386 e. The molecule has 94 valence electrons. The lowest BCUT2D eigenvalue weighted by Crippen LogP contribution is -2.04. The average molecular weight is 327 g/mol. The largest absolute Gasteiger partial charge is 0.386 e. The van der Waals surface area contributed by atoms with Crippen molar-refractivity contribution in [3.8, 4) is 0 Å². The fraction of sp³-hybridized carbons (Fsp3) is 0.214. The normalized spacial score (nSPS) is 12.4. The van der Waals surface area contributed by atoms with Crippen molar-refractivity contribution in [1.29, 1.82) is 0 Å². The molecule has 0 bridgehead atoms. The van der Waals surface area contributed by atoms with Crippen LogP contribution in [0.1, 0.15) is 22.9 Å². The number of rotatable bonds is 3. The van der Waals surface area contributed by atoms with Gasteiger partial charge in [0.2, 0.25) is 0 Å². The summed E-state index contributed by atoms with van der Waals surface area (Å²) in [4.78, 5) is 4.18. The fourth-order valence-corrected chi connectivity index (χ4v) is 2.49. The van der Waals surface area contributed by atoms with Gasteiger partial charge in [0.15, 0.2) is 0 Å². The summed E-state index contributed by atoms with van der Waals surface area (Å²) in [6, 6.07) is 9.44. The van der Waals surface area contributed by atoms with E-state index in [0.29, 0.717) is 17.1 Å². The molecule has 0 aliphatic heterocycles. The predicted octanol–water partition coefficient (Wildman–Crippen LogP) is 4.08. The Kier molecular flexibility index (Phi) is 4.38. The van der Waals surface area contributed by atoms with Crippen LogP contribution in [0.15, 0.2) is 41.0 Å². The van der Waals surface area contributed by atoms with Crippen molar-refractivity contribution in [2.75, 3.05) is 0 Å². The number of aliphatic hydroxyl groups excluding tert-OH is 1. The Labute approximate surface area is 120 Å². The molecule has 1 atom stereocenters. The number of nitrogens with zero attached hydrogens (tertiary/aromatic N) is 1. The highest BCUT2D eigenvalue weighted by Gasteiger charge is 2.12. The first-order chi connectivity index (χ1) is 8.56. The van der Waals surface area contributed by atoms with Crippen LogP contribution in [0.25, 0.3) is 0 Å². The summed E-state index contributed by atoms with van der Waals surface area (Å²) in [5, 5.41) is 10.8. The molecule has 4 heteroatoms. The molecule has 0 fully saturated rings. The zero-order valence-corrected chi connectivity index (χ0v) is 12.2. The van der Waals surface area contributed by atoms with Gasteiger partial charge in [-0.2, -0.15) is 0 Å². The van der Waals surface area contributed by atoms with Gasteiger partial charge < -0.3 is 5.11 Å². The van der Waals surface area contributed by atoms with E-state index in [1.165, 1.54) is 0 Å². The van der Waals surface area contributed by atoms with Crippen molar-refractivity contribution in [3.63, 3.8) is 0 Å². The third-order valence-corrected chi connectivity index (χ3v) is 3.55. The van der Waals surface area contributed by atoms with Crippen molar-refractivity contribution in [2.24, 2.45) is 0 Å². The van der Waals surface area contributed by atoms with Crippen LogP contribution in [0.2, 0.25) is 5.02 Å². The Bertz CT molecular complexity index is 559. The van der Waals surface area contributed by atoms with Crippen LogP contribution in [0.4, 0.5) is 0 Å². The third-order valence-electron chi connectivity index (χ3n) is 2.71. The molecule has 0 radical (unpaired) electrons. The van der Waals surface area contributed by atoms with Crippen molar-refractivity contribution in [3.05, 3.63) is 62.8 Å². The summed E-state index contributed by atoms with van der Waals surface area (Å²) in [6.07, 6.45) is 1.53. The minimum atomic E-state index is -0.636. The number of aromatic nitrogens is 1. The van der Waals surface area contributed by atoms with Crippen LogP contribution in [0.5, 0.6) is 0 Å². The van der Waals surface area contributed by atoms with Crippen molar-refractivity contribution >= 4 is 27.5 Å². The van der Waals surface area contributed by atoms with Crippen molar-refractivity contribution in [2.45, 2.75) is 19.4 Å². The van der Waals surface area contributed by atoms with Crippen LogP contribution in [-0.2, 0) is 6.42 Å². The maximum atomic E-state index is 10.2. The van der Waals surface area contributed by atoms with E-state index in [0.717, 1.165) is 15.6 Å². The lowest BCUT2D eigenvalue weighted by Gasteiger charge is -2.12. The molecule has 0 saturated carbocycles. The van der Waals surface area contributed by atoms with Gasteiger partial charge in [0, 0.05) is 22.1 Å². The quantitative estimate of drug-likeness (QED) is 0.922. The Hall–Kier alpha value is -0.900. The SMILES string of the molecule is Cc1ccnc(C(O)Cc2ccc(Br)cc2Cl)c1.